The number of fused-ring (bicyclic) bond motifs is 1. The van der Waals surface area contributed by atoms with E-state index >= 15 is 0 Å². The molecule has 6 atom stereocenters. The minimum atomic E-state index is -0.545. The van der Waals surface area contributed by atoms with Crippen molar-refractivity contribution in [3.05, 3.63) is 18.0 Å². The van der Waals surface area contributed by atoms with Crippen LogP contribution in [0.25, 0.3) is 0 Å². The van der Waals surface area contributed by atoms with Crippen LogP contribution < -0.4 is 0 Å². The highest BCUT2D eigenvalue weighted by Gasteiger charge is 2.53. The smallest absolute Gasteiger partial charge is 0.162 e. The maximum Gasteiger partial charge on any atom is 0.162 e. The molecule has 0 aromatic carbocycles. The first-order valence-corrected chi connectivity index (χ1v) is 12.9. The predicted molar refractivity (Wildman–Crippen MR) is 126 cm³/mol. The summed E-state index contributed by atoms with van der Waals surface area (Å²) in [6.07, 6.45) is 13.6. The Morgan fingerprint density at radius 1 is 1.27 bits per heavy atom. The highest BCUT2D eigenvalue weighted by atomic mass is 16.5. The van der Waals surface area contributed by atoms with Crippen molar-refractivity contribution in [3.8, 4) is 6.07 Å². The van der Waals surface area contributed by atoms with Crippen LogP contribution >= 0.6 is 0 Å². The topological polar surface area (TPSA) is 88.1 Å². The second kappa shape index (κ2) is 9.50. The summed E-state index contributed by atoms with van der Waals surface area (Å²) in [5.41, 5.74) is 0.0194. The van der Waals surface area contributed by atoms with E-state index in [2.05, 4.69) is 12.0 Å². The molecular weight excluding hydrogens is 414 g/mol. The molecule has 0 saturated heterocycles. The number of ketones is 1. The van der Waals surface area contributed by atoms with Crippen LogP contribution in [0.1, 0.15) is 90.2 Å². The number of hydrogen-bond acceptors (Lipinski definition) is 5. The van der Waals surface area contributed by atoms with Crippen molar-refractivity contribution in [2.75, 3.05) is 13.7 Å². The summed E-state index contributed by atoms with van der Waals surface area (Å²) in [5.74, 6) is 1.45. The van der Waals surface area contributed by atoms with Gasteiger partial charge in [0.15, 0.2) is 11.5 Å². The minimum absolute atomic E-state index is 0.0314. The average molecular weight is 456 g/mol. The molecule has 3 saturated carbocycles. The molecule has 33 heavy (non-hydrogen) atoms. The van der Waals surface area contributed by atoms with Gasteiger partial charge in [-0.05, 0) is 93.4 Å². The number of methoxy groups -OCH3 is 1. The molecule has 1 aromatic rings. The SMILES string of the molecule is COCC12CCC(C)(O)CC1CCCC2CCC1(C)CCCC1C(=O)Cn1ccc(C#N)n1. The minimum Gasteiger partial charge on any atom is -0.390 e. The third-order valence-electron chi connectivity index (χ3n) is 9.57. The summed E-state index contributed by atoms with van der Waals surface area (Å²) in [6, 6.07) is 3.70. The van der Waals surface area contributed by atoms with Gasteiger partial charge in [0.2, 0.25) is 0 Å². The van der Waals surface area contributed by atoms with E-state index < -0.39 is 5.60 Å². The molecule has 0 radical (unpaired) electrons. The summed E-state index contributed by atoms with van der Waals surface area (Å²) in [7, 11) is 1.82. The second-order valence-electron chi connectivity index (χ2n) is 11.8. The Hall–Kier alpha value is -1.71. The van der Waals surface area contributed by atoms with E-state index in [1.807, 2.05) is 20.1 Å². The second-order valence-corrected chi connectivity index (χ2v) is 11.8. The van der Waals surface area contributed by atoms with Crippen LogP contribution in [0.5, 0.6) is 0 Å². The van der Waals surface area contributed by atoms with Gasteiger partial charge in [0.25, 0.3) is 0 Å². The van der Waals surface area contributed by atoms with Crippen LogP contribution in [-0.4, -0.2) is 40.0 Å². The lowest BCUT2D eigenvalue weighted by molar-refractivity contribution is -0.133. The zero-order valence-corrected chi connectivity index (χ0v) is 20.7. The van der Waals surface area contributed by atoms with Crippen molar-refractivity contribution in [2.45, 2.75) is 96.6 Å². The number of nitriles is 1. The molecule has 0 bridgehead atoms. The lowest BCUT2D eigenvalue weighted by Crippen LogP contribution is -2.52. The van der Waals surface area contributed by atoms with Crippen molar-refractivity contribution in [2.24, 2.45) is 28.6 Å². The fourth-order valence-corrected chi connectivity index (χ4v) is 7.74. The summed E-state index contributed by atoms with van der Waals surface area (Å²) >= 11 is 0. The number of rotatable bonds is 8. The van der Waals surface area contributed by atoms with Gasteiger partial charge in [0.05, 0.1) is 18.8 Å². The number of aromatic nitrogens is 2. The zero-order valence-electron chi connectivity index (χ0n) is 20.7. The Kier molecular flexibility index (Phi) is 7.03. The highest BCUT2D eigenvalue weighted by molar-refractivity contribution is 5.81. The van der Waals surface area contributed by atoms with E-state index in [9.17, 15) is 9.90 Å². The number of Topliss-reactive ketones (excluding diaryl/α,β-unsaturated/α-hetero) is 1. The average Bonchev–Trinajstić information content (AvgIpc) is 3.39. The summed E-state index contributed by atoms with van der Waals surface area (Å²) in [6.45, 7) is 5.37. The predicted octanol–water partition coefficient (Wildman–Crippen LogP) is 4.89. The molecule has 3 aliphatic rings. The van der Waals surface area contributed by atoms with Crippen LogP contribution in [-0.2, 0) is 16.1 Å². The van der Waals surface area contributed by atoms with Crippen LogP contribution in [0.3, 0.4) is 0 Å². The lowest BCUT2D eigenvalue weighted by atomic mass is 9.51. The van der Waals surface area contributed by atoms with Crippen molar-refractivity contribution in [1.82, 2.24) is 9.78 Å². The first kappa shape index (κ1) is 24.4. The van der Waals surface area contributed by atoms with Gasteiger partial charge in [-0.25, -0.2) is 0 Å². The Bertz CT molecular complexity index is 887. The standard InChI is InChI=1S/C27H41N3O3/c1-25(11-5-8-23(25)24(31)18-30-15-10-22(17-28)29-30)12-9-20-6-4-7-21-16-26(2,32)13-14-27(20,21)19-33-3/h10,15,20-21,23,32H,4-9,11-14,16,18-19H2,1-3H3. The molecule has 182 valence electrons. The van der Waals surface area contributed by atoms with Crippen molar-refractivity contribution >= 4 is 5.78 Å². The molecule has 6 nitrogen and oxygen atoms in total. The van der Waals surface area contributed by atoms with Gasteiger partial charge in [-0.2, -0.15) is 10.4 Å². The fourth-order valence-electron chi connectivity index (χ4n) is 7.74. The van der Waals surface area contributed by atoms with Crippen LogP contribution in [0.15, 0.2) is 12.3 Å². The Labute approximate surface area is 198 Å². The Balaban J connectivity index is 1.44. The van der Waals surface area contributed by atoms with Gasteiger partial charge in [0, 0.05) is 19.2 Å². The molecule has 3 fully saturated rings. The van der Waals surface area contributed by atoms with E-state index in [1.54, 1.807) is 16.9 Å². The van der Waals surface area contributed by atoms with Crippen molar-refractivity contribution < 1.29 is 14.6 Å². The normalized spacial score (nSPS) is 38.6. The van der Waals surface area contributed by atoms with E-state index in [4.69, 9.17) is 10.00 Å². The molecule has 4 rings (SSSR count). The van der Waals surface area contributed by atoms with Crippen molar-refractivity contribution in [1.29, 1.82) is 5.26 Å². The monoisotopic (exact) mass is 455 g/mol. The number of nitrogens with zero attached hydrogens (tertiary/aromatic N) is 3. The molecule has 6 unspecified atom stereocenters. The van der Waals surface area contributed by atoms with E-state index in [0.29, 0.717) is 17.5 Å². The number of aliphatic hydroxyl groups is 1. The fraction of sp³-hybridized carbons (Fsp3) is 0.815. The van der Waals surface area contributed by atoms with Crippen molar-refractivity contribution in [3.63, 3.8) is 0 Å². The van der Waals surface area contributed by atoms with E-state index in [1.165, 1.54) is 19.3 Å². The largest absolute Gasteiger partial charge is 0.390 e. The van der Waals surface area contributed by atoms with Crippen LogP contribution in [0.2, 0.25) is 0 Å². The number of hydrogen-bond donors (Lipinski definition) is 1. The Morgan fingerprint density at radius 2 is 2.09 bits per heavy atom. The third-order valence-corrected chi connectivity index (χ3v) is 9.57. The number of carbonyl (C=O) groups is 1. The molecule has 0 spiro atoms. The van der Waals surface area contributed by atoms with Gasteiger partial charge in [-0.1, -0.05) is 19.8 Å². The molecule has 6 heteroatoms. The molecular formula is C27H41N3O3. The van der Waals surface area contributed by atoms with Gasteiger partial charge in [0.1, 0.15) is 6.07 Å². The molecule has 1 N–H and O–H groups in total. The van der Waals surface area contributed by atoms with Gasteiger partial charge in [-0.3, -0.25) is 9.48 Å². The number of ether oxygens (including phenoxy) is 1. The van der Waals surface area contributed by atoms with Gasteiger partial charge in [-0.15, -0.1) is 0 Å². The van der Waals surface area contributed by atoms with Gasteiger partial charge < -0.3 is 9.84 Å². The van der Waals surface area contributed by atoms with Crippen LogP contribution in [0, 0.1) is 39.9 Å². The first-order valence-electron chi connectivity index (χ1n) is 12.9. The van der Waals surface area contributed by atoms with Crippen LogP contribution in [0.4, 0.5) is 0 Å². The maximum absolute atomic E-state index is 13.3. The zero-order chi connectivity index (χ0) is 23.7. The molecule has 1 aromatic heterocycles. The Morgan fingerprint density at radius 3 is 2.82 bits per heavy atom. The quantitative estimate of drug-likeness (QED) is 0.603. The summed E-state index contributed by atoms with van der Waals surface area (Å²) < 4.78 is 7.42. The molecule has 3 aliphatic carbocycles. The first-order chi connectivity index (χ1) is 15.7. The number of carbonyl (C=O) groups excluding carboxylic acids is 1. The third kappa shape index (κ3) is 4.91. The lowest BCUT2D eigenvalue weighted by Gasteiger charge is -2.56. The molecule has 0 amide bonds. The van der Waals surface area contributed by atoms with E-state index in [0.717, 1.165) is 58.0 Å². The summed E-state index contributed by atoms with van der Waals surface area (Å²) in [4.78, 5) is 13.3. The maximum atomic E-state index is 13.3. The molecule has 0 aliphatic heterocycles. The van der Waals surface area contributed by atoms with E-state index in [-0.39, 0.29) is 29.1 Å². The summed E-state index contributed by atoms with van der Waals surface area (Å²) in [5, 5.41) is 24.0. The highest BCUT2D eigenvalue weighted by Crippen LogP contribution is 2.58. The molecule has 1 heterocycles. The van der Waals surface area contributed by atoms with Gasteiger partial charge >= 0.3 is 0 Å².